The van der Waals surface area contributed by atoms with Crippen molar-refractivity contribution in [3.63, 3.8) is 0 Å². The first-order chi connectivity index (χ1) is 28.1. The summed E-state index contributed by atoms with van der Waals surface area (Å²) in [6.45, 7) is 47.4. The van der Waals surface area contributed by atoms with Crippen LogP contribution in [0.15, 0.2) is 15.0 Å². The fourth-order valence-corrected chi connectivity index (χ4v) is 5.72. The molecular weight excluding hydrogens is 926 g/mol. The Hall–Kier alpha value is -2.47. The number of rotatable bonds is 6. The van der Waals surface area contributed by atoms with Crippen LogP contribution in [0.4, 0.5) is 4.79 Å². The molecule has 0 fully saturated rings. The zero-order valence-corrected chi connectivity index (χ0v) is 51.5. The van der Waals surface area contributed by atoms with E-state index in [0.29, 0.717) is 16.2 Å². The molecule has 14 heteroatoms. The van der Waals surface area contributed by atoms with E-state index in [1.54, 1.807) is 42.8 Å². The van der Waals surface area contributed by atoms with E-state index < -0.39 is 0 Å². The quantitative estimate of drug-likeness (QED) is 0.149. The van der Waals surface area contributed by atoms with Gasteiger partial charge in [0, 0.05) is 137 Å². The van der Waals surface area contributed by atoms with E-state index in [0.717, 1.165) is 56.8 Å². The number of carbonyl (C=O) groups excluding carboxylic acids is 2. The van der Waals surface area contributed by atoms with E-state index in [2.05, 4.69) is 181 Å². The first-order valence-corrected chi connectivity index (χ1v) is 23.0. The monoisotopic (exact) mass is 1050 g/mol. The molecule has 0 bridgehead atoms. The molecule has 0 aliphatic heterocycles. The van der Waals surface area contributed by atoms with Crippen molar-refractivity contribution in [3.05, 3.63) is 5.32 Å². The second-order valence-corrected chi connectivity index (χ2v) is 25.1. The van der Waals surface area contributed by atoms with Crippen LogP contribution >= 0.6 is 0 Å². The van der Waals surface area contributed by atoms with E-state index in [9.17, 15) is 9.59 Å². The van der Waals surface area contributed by atoms with Gasteiger partial charge in [-0.1, -0.05) is 152 Å². The van der Waals surface area contributed by atoms with Gasteiger partial charge >= 0.3 is 6.03 Å². The number of carbonyl (C=O) groups is 2. The Bertz CT molecular complexity index is 1300. The van der Waals surface area contributed by atoms with Crippen molar-refractivity contribution in [1.29, 1.82) is 0 Å². The van der Waals surface area contributed by atoms with E-state index in [4.69, 9.17) is 0 Å². The number of guanidine groups is 1. The fraction of sp³-hybridized carbons (Fsp3) is 0.906. The third kappa shape index (κ3) is 70.2. The predicted molar refractivity (Wildman–Crippen MR) is 302 cm³/mol. The molecule has 411 valence electrons. The van der Waals surface area contributed by atoms with E-state index in [1.165, 1.54) is 0 Å². The van der Waals surface area contributed by atoms with Crippen LogP contribution in [0.3, 0.4) is 0 Å². The molecule has 0 atom stereocenters. The minimum absolute atomic E-state index is 0. The summed E-state index contributed by atoms with van der Waals surface area (Å²) in [7, 11) is 27.0. The van der Waals surface area contributed by atoms with Crippen molar-refractivity contribution in [2.24, 2.45) is 47.5 Å². The van der Waals surface area contributed by atoms with E-state index >= 15 is 0 Å². The molecule has 67 heavy (non-hydrogen) atoms. The molecule has 0 saturated carbocycles. The fourth-order valence-electron chi connectivity index (χ4n) is 5.72. The van der Waals surface area contributed by atoms with Gasteiger partial charge < -0.3 is 44.6 Å². The number of aliphatic imine (C=N–C) groups is 3. The van der Waals surface area contributed by atoms with Gasteiger partial charge in [-0.25, -0.2) is 4.79 Å². The molecule has 1 radical (unpaired) electrons. The standard InChI is InChI=1S/C10H23N3.C9H20N2O.C9H20N2.C8H17N2.C8H17NO.C7H17N.2CH4.Rh/c1-10(2,3)8-13(7)9(11-4)12(5)6;1-9(2,3)7-11(6)8(12)10(4)5;1-9(2,3)7-8(10-4)11(5)6;1-7(9-5)10-6-8(2,3)4;1-7(10)9(5)6-8(2,3)4;1-7(2,3)6-8(4)5;;;/h8H2,1-7H3;7H2,1-6H3;7H2,1-6H3;2*6H2,1-5H3;6H2,1-5H3;2*1H4;/q;;;-1;;;;;. The van der Waals surface area contributed by atoms with Gasteiger partial charge in [-0.3, -0.25) is 14.8 Å². The van der Waals surface area contributed by atoms with Crippen LogP contribution in [-0.4, -0.2) is 195 Å². The van der Waals surface area contributed by atoms with Crippen molar-refractivity contribution in [2.75, 3.05) is 131 Å². The van der Waals surface area contributed by atoms with Crippen LogP contribution in [0.25, 0.3) is 5.32 Å². The Labute approximate surface area is 435 Å². The zero-order valence-electron chi connectivity index (χ0n) is 49.8. The van der Waals surface area contributed by atoms with Crippen molar-refractivity contribution >= 4 is 29.6 Å². The Kier molecular flexibility index (Phi) is 49.5. The van der Waals surface area contributed by atoms with Crippen LogP contribution in [0, 0.1) is 32.5 Å². The van der Waals surface area contributed by atoms with Gasteiger partial charge in [-0.05, 0) is 60.1 Å². The molecule has 3 amide bonds. The van der Waals surface area contributed by atoms with Crippen molar-refractivity contribution < 1.29 is 29.1 Å². The third-order valence-corrected chi connectivity index (χ3v) is 7.68. The molecule has 0 heterocycles. The molecule has 13 nitrogen and oxygen atoms in total. The summed E-state index contributed by atoms with van der Waals surface area (Å²) < 4.78 is 0. The second-order valence-electron chi connectivity index (χ2n) is 25.1. The number of hydrogen-bond donors (Lipinski definition) is 0. The van der Waals surface area contributed by atoms with Crippen LogP contribution < -0.4 is 0 Å². The topological polar surface area (TPSA) is 108 Å². The van der Waals surface area contributed by atoms with Crippen LogP contribution in [0.1, 0.15) is 160 Å². The zero-order chi connectivity index (χ0) is 53.0. The normalized spacial score (nSPS) is 12.0. The van der Waals surface area contributed by atoms with Crippen molar-refractivity contribution in [1.82, 2.24) is 34.3 Å². The molecule has 0 unspecified atom stereocenters. The average Bonchev–Trinajstić information content (AvgIpc) is 3.02. The molecule has 0 rings (SSSR count). The summed E-state index contributed by atoms with van der Waals surface area (Å²) >= 11 is 0. The van der Waals surface area contributed by atoms with Crippen LogP contribution in [0.2, 0.25) is 0 Å². The number of amides is 3. The third-order valence-electron chi connectivity index (χ3n) is 7.68. The Morgan fingerprint density at radius 2 is 0.806 bits per heavy atom. The maximum atomic E-state index is 11.4. The maximum Gasteiger partial charge on any atom is 0.319 e. The van der Waals surface area contributed by atoms with Gasteiger partial charge in [0.2, 0.25) is 5.91 Å². The van der Waals surface area contributed by atoms with Crippen molar-refractivity contribution in [2.45, 2.75) is 160 Å². The predicted octanol–water partition coefficient (Wildman–Crippen LogP) is 12.0. The largest absolute Gasteiger partial charge is 0.473 e. The number of nitrogens with zero attached hydrogens (tertiary/aromatic N) is 11. The van der Waals surface area contributed by atoms with E-state index in [1.807, 2.05) is 68.2 Å². The number of hydrogen-bond acceptors (Lipinski definition) is 6. The van der Waals surface area contributed by atoms with Gasteiger partial charge in [0.05, 0.1) is 5.84 Å². The first kappa shape index (κ1) is 84.5. The summed E-state index contributed by atoms with van der Waals surface area (Å²) in [6.07, 6.45) is 1.04. The Morgan fingerprint density at radius 1 is 0.463 bits per heavy atom. The maximum absolute atomic E-state index is 11.4. The van der Waals surface area contributed by atoms with Gasteiger partial charge in [0.25, 0.3) is 0 Å². The number of urea groups is 1. The van der Waals surface area contributed by atoms with Gasteiger partial charge in [-0.15, -0.1) is 0 Å². The Balaban J connectivity index is -0.0000000858. The molecule has 0 aliphatic rings. The molecule has 0 aliphatic carbocycles. The molecule has 0 saturated heterocycles. The summed E-state index contributed by atoms with van der Waals surface area (Å²) in [6, 6.07) is 0.0601. The van der Waals surface area contributed by atoms with Gasteiger partial charge in [0.15, 0.2) is 5.96 Å². The molecule has 0 aromatic carbocycles. The Morgan fingerprint density at radius 3 is 0.970 bits per heavy atom. The summed E-state index contributed by atoms with van der Waals surface area (Å²) in [4.78, 5) is 48.4. The van der Waals surface area contributed by atoms with Gasteiger partial charge in [-0.2, -0.15) is 0 Å². The second kappa shape index (κ2) is 39.3. The average molecular weight is 1050 g/mol. The number of amidine groups is 2. The minimum Gasteiger partial charge on any atom is -0.473 e. The van der Waals surface area contributed by atoms with Crippen LogP contribution in [-0.2, 0) is 24.3 Å². The SMILES string of the molecule is C.C.CC(=O)N(C)CC(C)(C)C.CN(C)C(=O)N(C)CC(C)(C)C.CN(C)CC(C)(C)C.CN=C(CC(C)(C)C)N(C)C.CN=C(N(C)C)N(C)CC(C)(C)C.C[N-]C(C)=NCC(C)(C)C.[Rh]. The molecule has 0 aromatic heterocycles. The summed E-state index contributed by atoms with van der Waals surface area (Å²) in [5, 5.41) is 3.94. The molecule has 0 spiro atoms. The minimum atomic E-state index is 0. The van der Waals surface area contributed by atoms with Crippen LogP contribution in [0.5, 0.6) is 0 Å². The molecular formula is C53H122N11O2Rh-. The smallest absolute Gasteiger partial charge is 0.319 e. The van der Waals surface area contributed by atoms with E-state index in [-0.39, 0.29) is 62.5 Å². The summed E-state index contributed by atoms with van der Waals surface area (Å²) in [5.41, 5.74) is 1.75. The van der Waals surface area contributed by atoms with Gasteiger partial charge in [0.1, 0.15) is 0 Å². The molecule has 0 N–H and O–H groups in total. The molecule has 0 aromatic rings. The van der Waals surface area contributed by atoms with Crippen molar-refractivity contribution in [3.8, 4) is 0 Å². The summed E-state index contributed by atoms with van der Waals surface area (Å²) in [5.74, 6) is 3.21. The first-order valence-electron chi connectivity index (χ1n) is 23.0.